The largest absolute Gasteiger partial charge is 0.493 e. The van der Waals surface area contributed by atoms with Crippen molar-refractivity contribution < 1.29 is 19.1 Å². The average molecular weight is 423 g/mol. The molecule has 0 bridgehead atoms. The van der Waals surface area contributed by atoms with Crippen molar-refractivity contribution in [3.8, 4) is 11.5 Å². The van der Waals surface area contributed by atoms with Gasteiger partial charge in [0.1, 0.15) is 11.9 Å². The van der Waals surface area contributed by atoms with E-state index in [1.165, 1.54) is 0 Å². The van der Waals surface area contributed by atoms with Crippen molar-refractivity contribution in [1.82, 2.24) is 10.2 Å². The normalized spacial score (nSPS) is 22.5. The minimum Gasteiger partial charge on any atom is -0.493 e. The number of nitrogens with one attached hydrogen (secondary N) is 1. The summed E-state index contributed by atoms with van der Waals surface area (Å²) in [7, 11) is 3.10. The van der Waals surface area contributed by atoms with Crippen LogP contribution in [0.25, 0.3) is 0 Å². The maximum absolute atomic E-state index is 13.5. The summed E-state index contributed by atoms with van der Waals surface area (Å²) in [5.41, 5.74) is 0.624. The molecule has 0 aromatic heterocycles. The lowest BCUT2D eigenvalue weighted by Crippen LogP contribution is -2.48. The molecule has 2 amide bonds. The van der Waals surface area contributed by atoms with Gasteiger partial charge in [0.05, 0.1) is 14.2 Å². The van der Waals surface area contributed by atoms with E-state index in [0.29, 0.717) is 23.0 Å². The number of halogens is 1. The Morgan fingerprint density at radius 1 is 1.14 bits per heavy atom. The van der Waals surface area contributed by atoms with Gasteiger partial charge in [-0.2, -0.15) is 0 Å². The van der Waals surface area contributed by atoms with Gasteiger partial charge < -0.3 is 19.7 Å². The third-order valence-electron chi connectivity index (χ3n) is 5.96. The molecule has 1 N–H and O–H groups in total. The molecule has 29 heavy (non-hydrogen) atoms. The van der Waals surface area contributed by atoms with E-state index >= 15 is 0 Å². The van der Waals surface area contributed by atoms with E-state index in [4.69, 9.17) is 21.1 Å². The summed E-state index contributed by atoms with van der Waals surface area (Å²) < 4.78 is 11.0. The van der Waals surface area contributed by atoms with Gasteiger partial charge in [-0.1, -0.05) is 19.1 Å². The molecule has 2 fully saturated rings. The minimum absolute atomic E-state index is 0.0271. The zero-order chi connectivity index (χ0) is 21.0. The topological polar surface area (TPSA) is 67.9 Å². The third kappa shape index (κ3) is 4.97. The van der Waals surface area contributed by atoms with E-state index in [2.05, 4.69) is 12.2 Å². The second-order valence-corrected chi connectivity index (χ2v) is 8.38. The Morgan fingerprint density at radius 3 is 2.38 bits per heavy atom. The molecule has 0 spiro atoms. The van der Waals surface area contributed by atoms with Crippen LogP contribution in [0.15, 0.2) is 18.2 Å². The Labute approximate surface area is 177 Å². The predicted molar refractivity (Wildman–Crippen MR) is 112 cm³/mol. The number of carbonyl (C=O) groups excluding carboxylic acids is 2. The van der Waals surface area contributed by atoms with Crippen molar-refractivity contribution in [2.24, 2.45) is 5.92 Å². The number of amides is 2. The molecule has 1 aromatic rings. The minimum atomic E-state index is -0.793. The molecule has 7 heteroatoms. The SMILES string of the molecule is COc1cccc(C(C(=O)NC2CCC(C)CC2)N(C(=O)CCl)C2CC2)c1OC. The van der Waals surface area contributed by atoms with Crippen LogP contribution in [0.4, 0.5) is 0 Å². The van der Waals surface area contributed by atoms with Gasteiger partial charge in [0.15, 0.2) is 11.5 Å². The maximum Gasteiger partial charge on any atom is 0.247 e. The van der Waals surface area contributed by atoms with Crippen molar-refractivity contribution in [2.45, 2.75) is 63.6 Å². The molecule has 6 nitrogen and oxygen atoms in total. The highest BCUT2D eigenvalue weighted by molar-refractivity contribution is 6.27. The van der Waals surface area contributed by atoms with Crippen LogP contribution in [-0.4, -0.2) is 48.9 Å². The van der Waals surface area contributed by atoms with Crippen LogP contribution in [0.2, 0.25) is 0 Å². The fraction of sp³-hybridized carbons (Fsp3) is 0.636. The van der Waals surface area contributed by atoms with E-state index < -0.39 is 6.04 Å². The fourth-order valence-electron chi connectivity index (χ4n) is 4.21. The highest BCUT2D eigenvalue weighted by Crippen LogP contribution is 2.41. The number of hydrogen-bond acceptors (Lipinski definition) is 4. The quantitative estimate of drug-likeness (QED) is 0.649. The number of benzene rings is 1. The molecular formula is C22H31ClN2O4. The van der Waals surface area contributed by atoms with Crippen molar-refractivity contribution in [2.75, 3.05) is 20.1 Å². The second-order valence-electron chi connectivity index (χ2n) is 8.12. The summed E-state index contributed by atoms with van der Waals surface area (Å²) in [4.78, 5) is 27.9. The molecule has 0 heterocycles. The zero-order valence-corrected chi connectivity index (χ0v) is 18.2. The Morgan fingerprint density at radius 2 is 1.83 bits per heavy atom. The Kier molecular flexibility index (Phi) is 7.28. The van der Waals surface area contributed by atoms with Crippen molar-refractivity contribution >= 4 is 23.4 Å². The molecule has 3 rings (SSSR count). The van der Waals surface area contributed by atoms with Crippen molar-refractivity contribution in [3.05, 3.63) is 23.8 Å². The standard InChI is InChI=1S/C22H31ClN2O4/c1-14-7-9-15(10-8-14)24-22(27)20(25(16-11-12-16)19(26)13-23)17-5-4-6-18(28-2)21(17)29-3/h4-6,14-16,20H,7-13H2,1-3H3,(H,24,27). The van der Waals surface area contributed by atoms with Gasteiger partial charge in [-0.15, -0.1) is 11.6 Å². The lowest BCUT2D eigenvalue weighted by atomic mass is 9.87. The van der Waals surface area contributed by atoms with Crippen LogP contribution in [0.1, 0.15) is 57.1 Å². The lowest BCUT2D eigenvalue weighted by Gasteiger charge is -2.34. The molecule has 2 aliphatic carbocycles. The van der Waals surface area contributed by atoms with E-state index in [-0.39, 0.29) is 29.8 Å². The Hall–Kier alpha value is -1.95. The Bertz CT molecular complexity index is 730. The zero-order valence-electron chi connectivity index (χ0n) is 17.4. The molecule has 2 saturated carbocycles. The maximum atomic E-state index is 13.5. The number of alkyl halides is 1. The van der Waals surface area contributed by atoms with E-state index in [9.17, 15) is 9.59 Å². The van der Waals surface area contributed by atoms with Gasteiger partial charge in [0, 0.05) is 17.6 Å². The Balaban J connectivity index is 1.96. The third-order valence-corrected chi connectivity index (χ3v) is 6.19. The fourth-order valence-corrected chi connectivity index (χ4v) is 4.35. The number of para-hydroxylation sites is 1. The molecule has 0 radical (unpaired) electrons. The highest BCUT2D eigenvalue weighted by Gasteiger charge is 2.43. The summed E-state index contributed by atoms with van der Waals surface area (Å²) >= 11 is 5.92. The molecule has 1 atom stereocenters. The smallest absolute Gasteiger partial charge is 0.247 e. The summed E-state index contributed by atoms with van der Waals surface area (Å²) in [5, 5.41) is 3.20. The van der Waals surface area contributed by atoms with Crippen LogP contribution >= 0.6 is 11.6 Å². The summed E-state index contributed by atoms with van der Waals surface area (Å²) in [5.74, 6) is 1.12. The number of methoxy groups -OCH3 is 2. The average Bonchev–Trinajstić information content (AvgIpc) is 3.57. The number of ether oxygens (including phenoxy) is 2. The summed E-state index contributed by atoms with van der Waals surface area (Å²) in [6.07, 6.45) is 5.87. The van der Waals surface area contributed by atoms with E-state index in [0.717, 1.165) is 38.5 Å². The van der Waals surface area contributed by atoms with Crippen LogP contribution in [0.3, 0.4) is 0 Å². The van der Waals surface area contributed by atoms with Crippen molar-refractivity contribution in [3.63, 3.8) is 0 Å². The summed E-state index contributed by atoms with van der Waals surface area (Å²) in [6, 6.07) is 4.79. The molecule has 0 aliphatic heterocycles. The molecule has 2 aliphatic rings. The van der Waals surface area contributed by atoms with Gasteiger partial charge in [-0.3, -0.25) is 9.59 Å². The first kappa shape index (κ1) is 21.8. The predicted octanol–water partition coefficient (Wildman–Crippen LogP) is 3.67. The van der Waals surface area contributed by atoms with Crippen LogP contribution < -0.4 is 14.8 Å². The van der Waals surface area contributed by atoms with Gasteiger partial charge in [-0.25, -0.2) is 0 Å². The van der Waals surface area contributed by atoms with Gasteiger partial charge in [0.2, 0.25) is 11.8 Å². The first-order valence-corrected chi connectivity index (χ1v) is 10.9. The number of rotatable bonds is 8. The summed E-state index contributed by atoms with van der Waals surface area (Å²) in [6.45, 7) is 2.25. The van der Waals surface area contributed by atoms with Crippen LogP contribution in [0, 0.1) is 5.92 Å². The first-order chi connectivity index (χ1) is 14.0. The van der Waals surface area contributed by atoms with Gasteiger partial charge >= 0.3 is 0 Å². The van der Waals surface area contributed by atoms with E-state index in [1.54, 1.807) is 25.2 Å². The lowest BCUT2D eigenvalue weighted by molar-refractivity contribution is -0.140. The molecule has 1 aromatic carbocycles. The van der Waals surface area contributed by atoms with Gasteiger partial charge in [0.25, 0.3) is 0 Å². The van der Waals surface area contributed by atoms with Crippen molar-refractivity contribution in [1.29, 1.82) is 0 Å². The van der Waals surface area contributed by atoms with E-state index in [1.807, 2.05) is 12.1 Å². The second kappa shape index (κ2) is 9.70. The van der Waals surface area contributed by atoms with Crippen LogP contribution in [-0.2, 0) is 9.59 Å². The number of nitrogens with zero attached hydrogens (tertiary/aromatic N) is 1. The highest BCUT2D eigenvalue weighted by atomic mass is 35.5. The first-order valence-electron chi connectivity index (χ1n) is 10.4. The molecule has 0 saturated heterocycles. The number of hydrogen-bond donors (Lipinski definition) is 1. The molecule has 1 unspecified atom stereocenters. The molecule has 160 valence electrons. The van der Waals surface area contributed by atoms with Gasteiger partial charge in [-0.05, 0) is 50.5 Å². The monoisotopic (exact) mass is 422 g/mol. The molecular weight excluding hydrogens is 392 g/mol. The van der Waals surface area contributed by atoms with Crippen LogP contribution in [0.5, 0.6) is 11.5 Å². The number of carbonyl (C=O) groups is 2.